The number of hydrogen-bond donors (Lipinski definition) is 1. The molecule has 0 amide bonds. The van der Waals surface area contributed by atoms with Crippen LogP contribution in [0.25, 0.3) is 11.3 Å². The average Bonchev–Trinajstić information content (AvgIpc) is 2.81. The summed E-state index contributed by atoms with van der Waals surface area (Å²) in [6.45, 7) is 7.70. The monoisotopic (exact) mass is 269 g/mol. The fourth-order valence-electron chi connectivity index (χ4n) is 2.84. The molecule has 0 spiro atoms. The summed E-state index contributed by atoms with van der Waals surface area (Å²) in [7, 11) is 0. The second-order valence-electron chi connectivity index (χ2n) is 6.81. The fraction of sp³-hybridized carbons (Fsp3) is 0.471. The molecule has 1 aliphatic rings. The maximum Gasteiger partial charge on any atom is 0.0956 e. The van der Waals surface area contributed by atoms with Crippen LogP contribution in [-0.4, -0.2) is 15.6 Å². The Labute approximate surface area is 120 Å². The van der Waals surface area contributed by atoms with E-state index in [4.69, 9.17) is 5.73 Å². The molecular formula is C17H23N3. The molecule has 0 aliphatic carbocycles. The van der Waals surface area contributed by atoms with E-state index in [1.807, 2.05) is 6.33 Å². The maximum absolute atomic E-state index is 6.10. The van der Waals surface area contributed by atoms with Crippen molar-refractivity contribution in [3.8, 4) is 11.3 Å². The number of aromatic nitrogens is 2. The molecule has 20 heavy (non-hydrogen) atoms. The molecule has 2 aromatic rings. The molecule has 1 aromatic heterocycles. The van der Waals surface area contributed by atoms with Crippen LogP contribution >= 0.6 is 0 Å². The van der Waals surface area contributed by atoms with E-state index in [0.29, 0.717) is 0 Å². The van der Waals surface area contributed by atoms with E-state index < -0.39 is 0 Å². The van der Waals surface area contributed by atoms with Gasteiger partial charge in [0, 0.05) is 30.3 Å². The number of hydrogen-bond acceptors (Lipinski definition) is 2. The second-order valence-corrected chi connectivity index (χ2v) is 6.81. The van der Waals surface area contributed by atoms with Crippen molar-refractivity contribution in [1.29, 1.82) is 0 Å². The van der Waals surface area contributed by atoms with Gasteiger partial charge in [-0.2, -0.15) is 0 Å². The van der Waals surface area contributed by atoms with Crippen LogP contribution in [0, 0.1) is 0 Å². The lowest BCUT2D eigenvalue weighted by molar-refractivity contribution is 0.472. The zero-order chi connectivity index (χ0) is 14.3. The highest BCUT2D eigenvalue weighted by Crippen LogP contribution is 2.29. The quantitative estimate of drug-likeness (QED) is 0.864. The number of nitrogens with zero attached hydrogens (tertiary/aromatic N) is 2. The lowest BCUT2D eigenvalue weighted by Gasteiger charge is -2.22. The van der Waals surface area contributed by atoms with Gasteiger partial charge in [0.15, 0.2) is 0 Å². The topological polar surface area (TPSA) is 43.8 Å². The summed E-state index contributed by atoms with van der Waals surface area (Å²) >= 11 is 0. The van der Waals surface area contributed by atoms with Crippen molar-refractivity contribution < 1.29 is 0 Å². The van der Waals surface area contributed by atoms with Gasteiger partial charge in [-0.3, -0.25) is 0 Å². The number of benzene rings is 1. The van der Waals surface area contributed by atoms with E-state index in [1.54, 1.807) is 0 Å². The Hall–Kier alpha value is -1.61. The van der Waals surface area contributed by atoms with Crippen LogP contribution in [0.4, 0.5) is 0 Å². The first-order chi connectivity index (χ1) is 9.45. The van der Waals surface area contributed by atoms with Gasteiger partial charge in [-0.05, 0) is 17.4 Å². The van der Waals surface area contributed by atoms with Crippen molar-refractivity contribution in [2.24, 2.45) is 5.73 Å². The van der Waals surface area contributed by atoms with Crippen molar-refractivity contribution in [2.75, 3.05) is 0 Å². The summed E-state index contributed by atoms with van der Waals surface area (Å²) in [6, 6.07) is 9.06. The Balaban J connectivity index is 1.96. The summed E-state index contributed by atoms with van der Waals surface area (Å²) in [5.74, 6) is 0. The molecule has 0 radical (unpaired) electrons. The van der Waals surface area contributed by atoms with Gasteiger partial charge in [0.1, 0.15) is 0 Å². The molecule has 0 saturated carbocycles. The molecule has 1 aromatic carbocycles. The van der Waals surface area contributed by atoms with Crippen LogP contribution in [0.2, 0.25) is 0 Å². The van der Waals surface area contributed by atoms with E-state index >= 15 is 0 Å². The molecule has 1 unspecified atom stereocenters. The van der Waals surface area contributed by atoms with Crippen molar-refractivity contribution in [3.63, 3.8) is 0 Å². The molecule has 2 N–H and O–H groups in total. The zero-order valence-corrected chi connectivity index (χ0v) is 12.6. The summed E-state index contributed by atoms with van der Waals surface area (Å²) in [6.07, 6.45) is 3.93. The predicted molar refractivity (Wildman–Crippen MR) is 82.7 cm³/mol. The van der Waals surface area contributed by atoms with Crippen LogP contribution in [-0.2, 0) is 18.4 Å². The van der Waals surface area contributed by atoms with Gasteiger partial charge in [-0.25, -0.2) is 4.98 Å². The van der Waals surface area contributed by atoms with Crippen molar-refractivity contribution in [2.45, 2.75) is 51.6 Å². The van der Waals surface area contributed by atoms with Crippen LogP contribution in [0.5, 0.6) is 0 Å². The van der Waals surface area contributed by atoms with Crippen molar-refractivity contribution in [1.82, 2.24) is 9.55 Å². The first-order valence-electron chi connectivity index (χ1n) is 7.35. The summed E-state index contributed by atoms with van der Waals surface area (Å²) in [5, 5.41) is 0. The molecule has 3 rings (SSSR count). The van der Waals surface area contributed by atoms with Gasteiger partial charge in [0.25, 0.3) is 0 Å². The fourth-order valence-corrected chi connectivity index (χ4v) is 2.84. The Morgan fingerprint density at radius 2 is 1.90 bits per heavy atom. The minimum absolute atomic E-state index is 0.189. The summed E-state index contributed by atoms with van der Waals surface area (Å²) < 4.78 is 2.25. The lowest BCUT2D eigenvalue weighted by Crippen LogP contribution is -2.30. The molecule has 0 bridgehead atoms. The number of nitrogens with two attached hydrogens (primary N) is 1. The zero-order valence-electron chi connectivity index (χ0n) is 12.6. The molecule has 1 atom stereocenters. The van der Waals surface area contributed by atoms with Gasteiger partial charge in [-0.15, -0.1) is 0 Å². The van der Waals surface area contributed by atoms with Gasteiger partial charge >= 0.3 is 0 Å². The van der Waals surface area contributed by atoms with Gasteiger partial charge in [0.05, 0.1) is 12.0 Å². The highest BCUT2D eigenvalue weighted by atomic mass is 15.1. The number of aryl methyl sites for hydroxylation is 1. The molecule has 3 heteroatoms. The Kier molecular flexibility index (Phi) is 3.17. The van der Waals surface area contributed by atoms with Crippen molar-refractivity contribution in [3.05, 3.63) is 41.9 Å². The smallest absolute Gasteiger partial charge is 0.0956 e. The Morgan fingerprint density at radius 1 is 1.20 bits per heavy atom. The SMILES string of the molecule is CC(C)(C)c1ccc(-c2ncn3c2CC(N)CC3)cc1. The normalized spacial score (nSPS) is 18.9. The van der Waals surface area contributed by atoms with Gasteiger partial charge in [0.2, 0.25) is 0 Å². The molecule has 3 nitrogen and oxygen atoms in total. The van der Waals surface area contributed by atoms with Crippen LogP contribution in [0.3, 0.4) is 0 Å². The lowest BCUT2D eigenvalue weighted by atomic mass is 9.86. The molecule has 0 saturated heterocycles. The molecule has 1 aliphatic heterocycles. The second kappa shape index (κ2) is 4.74. The molecular weight excluding hydrogens is 246 g/mol. The third kappa shape index (κ3) is 2.38. The van der Waals surface area contributed by atoms with E-state index in [-0.39, 0.29) is 11.5 Å². The largest absolute Gasteiger partial charge is 0.334 e. The third-order valence-electron chi connectivity index (χ3n) is 4.17. The third-order valence-corrected chi connectivity index (χ3v) is 4.17. The van der Waals surface area contributed by atoms with E-state index in [9.17, 15) is 0 Å². The van der Waals surface area contributed by atoms with E-state index in [2.05, 4.69) is 54.6 Å². The molecule has 106 valence electrons. The Bertz CT molecular complexity index is 602. The highest BCUT2D eigenvalue weighted by molar-refractivity contribution is 5.63. The van der Waals surface area contributed by atoms with Gasteiger partial charge < -0.3 is 10.3 Å². The maximum atomic E-state index is 6.10. The van der Waals surface area contributed by atoms with E-state index in [1.165, 1.54) is 16.8 Å². The first-order valence-corrected chi connectivity index (χ1v) is 7.35. The molecule has 0 fully saturated rings. The highest BCUT2D eigenvalue weighted by Gasteiger charge is 2.21. The number of imidazole rings is 1. The van der Waals surface area contributed by atoms with Crippen molar-refractivity contribution >= 4 is 0 Å². The Morgan fingerprint density at radius 3 is 2.55 bits per heavy atom. The van der Waals surface area contributed by atoms with E-state index in [0.717, 1.165) is 25.1 Å². The van der Waals surface area contributed by atoms with Crippen LogP contribution in [0.15, 0.2) is 30.6 Å². The molecule has 2 heterocycles. The number of fused-ring (bicyclic) bond motifs is 1. The first kappa shape index (κ1) is 13.4. The predicted octanol–water partition coefficient (Wildman–Crippen LogP) is 3.12. The van der Waals surface area contributed by atoms with Crippen LogP contribution < -0.4 is 5.73 Å². The number of rotatable bonds is 1. The minimum Gasteiger partial charge on any atom is -0.334 e. The van der Waals surface area contributed by atoms with Gasteiger partial charge in [-0.1, -0.05) is 45.0 Å². The summed E-state index contributed by atoms with van der Waals surface area (Å²) in [5.41, 5.74) is 11.2. The minimum atomic E-state index is 0.189. The van der Waals surface area contributed by atoms with Crippen LogP contribution in [0.1, 0.15) is 38.4 Å². The standard InChI is InChI=1S/C17H23N3/c1-17(2,3)13-6-4-12(5-7-13)16-15-10-14(18)8-9-20(15)11-19-16/h4-7,11,14H,8-10,18H2,1-3H3. The average molecular weight is 269 g/mol. The summed E-state index contributed by atoms with van der Waals surface area (Å²) in [4.78, 5) is 4.60.